The van der Waals surface area contributed by atoms with Crippen molar-refractivity contribution in [3.05, 3.63) is 35.7 Å². The van der Waals surface area contributed by atoms with Gasteiger partial charge in [-0.25, -0.2) is 0 Å². The van der Waals surface area contributed by atoms with Gasteiger partial charge in [0, 0.05) is 31.1 Å². The van der Waals surface area contributed by atoms with Crippen LogP contribution < -0.4 is 10.6 Å². The second kappa shape index (κ2) is 7.56. The molecule has 0 bridgehead atoms. The van der Waals surface area contributed by atoms with Gasteiger partial charge in [-0.3, -0.25) is 9.59 Å². The third-order valence-electron chi connectivity index (χ3n) is 2.77. The van der Waals surface area contributed by atoms with E-state index in [2.05, 4.69) is 20.8 Å². The van der Waals surface area contributed by atoms with Crippen LogP contribution in [-0.2, 0) is 10.7 Å². The molecule has 0 fully saturated rings. The van der Waals surface area contributed by atoms with Crippen molar-refractivity contribution in [1.29, 1.82) is 0 Å². The Labute approximate surface area is 132 Å². The van der Waals surface area contributed by atoms with Gasteiger partial charge in [0.25, 0.3) is 5.91 Å². The van der Waals surface area contributed by atoms with Crippen molar-refractivity contribution >= 4 is 23.4 Å². The van der Waals surface area contributed by atoms with E-state index < -0.39 is 0 Å². The molecule has 1 aromatic carbocycles. The number of hydrogen-bond acceptors (Lipinski definition) is 5. The first-order valence-corrected chi connectivity index (χ1v) is 7.15. The van der Waals surface area contributed by atoms with Crippen LogP contribution in [0.15, 0.2) is 28.8 Å². The van der Waals surface area contributed by atoms with E-state index >= 15 is 0 Å². The molecule has 0 aliphatic heterocycles. The molecule has 8 heteroatoms. The Morgan fingerprint density at radius 3 is 2.45 bits per heavy atom. The largest absolute Gasteiger partial charge is 0.355 e. The molecule has 116 valence electrons. The number of carbonyl (C=O) groups excluding carboxylic acids is 2. The lowest BCUT2D eigenvalue weighted by Crippen LogP contribution is -2.33. The van der Waals surface area contributed by atoms with Crippen molar-refractivity contribution in [3.63, 3.8) is 0 Å². The molecule has 2 rings (SSSR count). The van der Waals surface area contributed by atoms with Gasteiger partial charge in [0.15, 0.2) is 0 Å². The predicted octanol–water partition coefficient (Wildman–Crippen LogP) is 1.34. The maximum absolute atomic E-state index is 11.9. The van der Waals surface area contributed by atoms with Crippen LogP contribution in [0.1, 0.15) is 23.2 Å². The van der Waals surface area contributed by atoms with Crippen LogP contribution in [0.3, 0.4) is 0 Å². The van der Waals surface area contributed by atoms with Gasteiger partial charge in [-0.15, -0.1) is 11.6 Å². The van der Waals surface area contributed by atoms with Crippen LogP contribution in [0.2, 0.25) is 0 Å². The fraction of sp³-hybridized carbons (Fsp3) is 0.286. The third kappa shape index (κ3) is 4.29. The van der Waals surface area contributed by atoms with Gasteiger partial charge in [0.1, 0.15) is 5.88 Å². The number of alkyl halides is 1. The van der Waals surface area contributed by atoms with E-state index in [0.29, 0.717) is 30.4 Å². The van der Waals surface area contributed by atoms with Crippen LogP contribution in [0.5, 0.6) is 0 Å². The van der Waals surface area contributed by atoms with Gasteiger partial charge >= 0.3 is 0 Å². The van der Waals surface area contributed by atoms with Gasteiger partial charge in [-0.1, -0.05) is 17.3 Å². The van der Waals surface area contributed by atoms with Crippen LogP contribution in [0.25, 0.3) is 11.4 Å². The number of nitrogens with one attached hydrogen (secondary N) is 2. The van der Waals surface area contributed by atoms with Crippen molar-refractivity contribution in [2.45, 2.75) is 12.8 Å². The summed E-state index contributed by atoms with van der Waals surface area (Å²) in [5.41, 5.74) is 1.24. The molecule has 0 spiro atoms. The molecule has 1 aromatic heterocycles. The molecule has 0 saturated carbocycles. The molecule has 2 N–H and O–H groups in total. The monoisotopic (exact) mass is 322 g/mol. The summed E-state index contributed by atoms with van der Waals surface area (Å²) in [6.07, 6.45) is 0. The Kier molecular flexibility index (Phi) is 5.48. The molecular weight excluding hydrogens is 308 g/mol. The maximum Gasteiger partial charge on any atom is 0.251 e. The summed E-state index contributed by atoms with van der Waals surface area (Å²) in [5.74, 6) is 0.577. The molecule has 0 atom stereocenters. The number of halogens is 1. The number of aromatic nitrogens is 2. The summed E-state index contributed by atoms with van der Waals surface area (Å²) >= 11 is 5.60. The molecule has 0 unspecified atom stereocenters. The lowest BCUT2D eigenvalue weighted by atomic mass is 10.1. The average Bonchev–Trinajstić information content (AvgIpc) is 3.00. The molecule has 2 amide bonds. The molecule has 0 radical (unpaired) electrons. The maximum atomic E-state index is 11.9. The Bertz CT molecular complexity index is 654. The molecule has 22 heavy (non-hydrogen) atoms. The molecule has 0 saturated heterocycles. The highest BCUT2D eigenvalue weighted by Gasteiger charge is 2.09. The standard InChI is InChI=1S/C14H15ClN4O3/c1-9(20)16-6-7-17-14(21)11-4-2-10(3-5-11)13-18-12(8-15)22-19-13/h2-5H,6-8H2,1H3,(H,16,20)(H,17,21). The SMILES string of the molecule is CC(=O)NCCNC(=O)c1ccc(-c2noc(CCl)n2)cc1. The third-order valence-corrected chi connectivity index (χ3v) is 3.00. The van der Waals surface area contributed by atoms with E-state index in [1.54, 1.807) is 24.3 Å². The lowest BCUT2D eigenvalue weighted by Gasteiger charge is -2.06. The molecule has 7 nitrogen and oxygen atoms in total. The summed E-state index contributed by atoms with van der Waals surface area (Å²) in [7, 11) is 0. The van der Waals surface area contributed by atoms with Crippen molar-refractivity contribution in [3.8, 4) is 11.4 Å². The number of hydrogen-bond donors (Lipinski definition) is 2. The predicted molar refractivity (Wildman–Crippen MR) is 80.3 cm³/mol. The van der Waals surface area contributed by atoms with Crippen molar-refractivity contribution in [2.75, 3.05) is 13.1 Å². The zero-order valence-electron chi connectivity index (χ0n) is 11.9. The van der Waals surface area contributed by atoms with E-state index in [4.69, 9.17) is 16.1 Å². The van der Waals surface area contributed by atoms with E-state index in [1.807, 2.05) is 0 Å². The summed E-state index contributed by atoms with van der Waals surface area (Å²) in [5, 5.41) is 9.10. The second-order valence-corrected chi connectivity index (χ2v) is 4.73. The van der Waals surface area contributed by atoms with E-state index in [9.17, 15) is 9.59 Å². The number of carbonyl (C=O) groups is 2. The Morgan fingerprint density at radius 1 is 1.18 bits per heavy atom. The van der Waals surface area contributed by atoms with E-state index in [0.717, 1.165) is 5.56 Å². The minimum Gasteiger partial charge on any atom is -0.355 e. The summed E-state index contributed by atoms with van der Waals surface area (Å²) in [6, 6.07) is 6.79. The van der Waals surface area contributed by atoms with Gasteiger partial charge in [0.05, 0.1) is 0 Å². The van der Waals surface area contributed by atoms with Gasteiger partial charge in [0.2, 0.25) is 17.6 Å². The molecule has 0 aliphatic rings. The smallest absolute Gasteiger partial charge is 0.251 e. The highest BCUT2D eigenvalue weighted by atomic mass is 35.5. The highest BCUT2D eigenvalue weighted by Crippen LogP contribution is 2.17. The van der Waals surface area contributed by atoms with E-state index in [-0.39, 0.29) is 17.7 Å². The highest BCUT2D eigenvalue weighted by molar-refractivity contribution is 6.16. The average molecular weight is 323 g/mol. The Hall–Kier alpha value is -2.41. The van der Waals surface area contributed by atoms with Crippen LogP contribution in [-0.4, -0.2) is 35.0 Å². The summed E-state index contributed by atoms with van der Waals surface area (Å²) in [4.78, 5) is 26.7. The quantitative estimate of drug-likeness (QED) is 0.618. The normalized spacial score (nSPS) is 10.3. The number of rotatable bonds is 6. The lowest BCUT2D eigenvalue weighted by molar-refractivity contribution is -0.118. The molecular formula is C14H15ClN4O3. The topological polar surface area (TPSA) is 97.1 Å². The van der Waals surface area contributed by atoms with Crippen molar-refractivity contribution < 1.29 is 14.1 Å². The fourth-order valence-corrected chi connectivity index (χ4v) is 1.82. The fourth-order valence-electron chi connectivity index (χ4n) is 1.71. The molecule has 0 aliphatic carbocycles. The molecule has 1 heterocycles. The van der Waals surface area contributed by atoms with Crippen molar-refractivity contribution in [2.24, 2.45) is 0 Å². The van der Waals surface area contributed by atoms with Gasteiger partial charge in [-0.05, 0) is 12.1 Å². The number of amides is 2. The first-order valence-electron chi connectivity index (χ1n) is 6.62. The van der Waals surface area contributed by atoms with Crippen molar-refractivity contribution in [1.82, 2.24) is 20.8 Å². The van der Waals surface area contributed by atoms with Crippen LogP contribution in [0.4, 0.5) is 0 Å². The second-order valence-electron chi connectivity index (χ2n) is 4.46. The minimum atomic E-state index is -0.216. The first kappa shape index (κ1) is 16.0. The van der Waals surface area contributed by atoms with Crippen LogP contribution in [0, 0.1) is 0 Å². The van der Waals surface area contributed by atoms with E-state index in [1.165, 1.54) is 6.92 Å². The number of benzene rings is 1. The zero-order valence-corrected chi connectivity index (χ0v) is 12.7. The van der Waals surface area contributed by atoms with Gasteiger partial charge < -0.3 is 15.2 Å². The van der Waals surface area contributed by atoms with Gasteiger partial charge in [-0.2, -0.15) is 4.98 Å². The van der Waals surface area contributed by atoms with Crippen LogP contribution >= 0.6 is 11.6 Å². The Balaban J connectivity index is 1.93. The Morgan fingerprint density at radius 2 is 1.86 bits per heavy atom. The number of nitrogens with zero attached hydrogens (tertiary/aromatic N) is 2. The first-order chi connectivity index (χ1) is 10.6. The zero-order chi connectivity index (χ0) is 15.9. The summed E-state index contributed by atoms with van der Waals surface area (Å²) < 4.78 is 4.92. The molecule has 2 aromatic rings. The minimum absolute atomic E-state index is 0.130. The summed E-state index contributed by atoms with van der Waals surface area (Å²) in [6.45, 7) is 2.18.